The molecule has 0 radical (unpaired) electrons. The van der Waals surface area contributed by atoms with Gasteiger partial charge in [-0.2, -0.15) is 0 Å². The van der Waals surface area contributed by atoms with Crippen LogP contribution in [0.4, 0.5) is 0 Å². The summed E-state index contributed by atoms with van der Waals surface area (Å²) in [6, 6.07) is 5.25. The van der Waals surface area contributed by atoms with Crippen molar-refractivity contribution in [2.75, 3.05) is 6.61 Å². The van der Waals surface area contributed by atoms with Crippen LogP contribution in [-0.2, 0) is 29.6 Å². The molecule has 1 aliphatic heterocycles. The second kappa shape index (κ2) is 6.67. The minimum atomic E-state index is -1.10. The van der Waals surface area contributed by atoms with Crippen molar-refractivity contribution in [3.63, 3.8) is 0 Å². The van der Waals surface area contributed by atoms with Crippen molar-refractivity contribution in [1.29, 1.82) is 0 Å². The van der Waals surface area contributed by atoms with Gasteiger partial charge in [0.1, 0.15) is 12.4 Å². The first-order chi connectivity index (χ1) is 12.3. The number of aliphatic carboxylic acids is 1. The molecule has 1 aliphatic rings. The highest BCUT2D eigenvalue weighted by Gasteiger charge is 2.34. The van der Waals surface area contributed by atoms with Gasteiger partial charge in [0.2, 0.25) is 5.78 Å². The monoisotopic (exact) mass is 357 g/mol. The summed E-state index contributed by atoms with van der Waals surface area (Å²) < 4.78 is 12.3. The van der Waals surface area contributed by atoms with E-state index in [2.05, 4.69) is 0 Å². The SMILES string of the molecule is CCOC(=O)c1c2c(n(C)c1CC(=O)O)C(=O)c1ccc(C)cc1OC2. The predicted molar refractivity (Wildman–Crippen MR) is 91.7 cm³/mol. The van der Waals surface area contributed by atoms with Crippen molar-refractivity contribution in [3.05, 3.63) is 51.8 Å². The standard InChI is InChI=1S/C19H19NO6/c1-4-25-19(24)16-12-9-26-14-7-10(2)5-6-11(14)18(23)17(12)20(3)13(16)8-15(21)22/h5-7H,4,8-9H2,1-3H3,(H,21,22). The van der Waals surface area contributed by atoms with E-state index in [0.717, 1.165) is 5.56 Å². The van der Waals surface area contributed by atoms with Gasteiger partial charge in [0, 0.05) is 18.3 Å². The van der Waals surface area contributed by atoms with Crippen LogP contribution in [0, 0.1) is 6.92 Å². The number of fused-ring (bicyclic) bond motifs is 2. The Hall–Kier alpha value is -3.09. The van der Waals surface area contributed by atoms with Crippen LogP contribution in [-0.4, -0.2) is 34.0 Å². The molecule has 0 spiro atoms. The van der Waals surface area contributed by atoms with E-state index in [9.17, 15) is 19.5 Å². The number of rotatable bonds is 4. The van der Waals surface area contributed by atoms with Gasteiger partial charge in [-0.25, -0.2) is 4.79 Å². The van der Waals surface area contributed by atoms with E-state index in [1.807, 2.05) is 6.92 Å². The molecule has 0 saturated heterocycles. The van der Waals surface area contributed by atoms with Crippen LogP contribution >= 0.6 is 0 Å². The van der Waals surface area contributed by atoms with Crippen LogP contribution in [0.25, 0.3) is 0 Å². The van der Waals surface area contributed by atoms with Gasteiger partial charge in [0.05, 0.1) is 29.8 Å². The minimum Gasteiger partial charge on any atom is -0.488 e. The van der Waals surface area contributed by atoms with Crippen LogP contribution in [0.15, 0.2) is 18.2 Å². The number of carbonyl (C=O) groups is 3. The normalized spacial score (nSPS) is 12.7. The fourth-order valence-corrected chi connectivity index (χ4v) is 3.24. The Kier molecular flexibility index (Phi) is 4.54. The van der Waals surface area contributed by atoms with Crippen LogP contribution in [0.3, 0.4) is 0 Å². The lowest BCUT2D eigenvalue weighted by atomic mass is 10.0. The van der Waals surface area contributed by atoms with Crippen molar-refractivity contribution in [1.82, 2.24) is 4.57 Å². The van der Waals surface area contributed by atoms with Crippen molar-refractivity contribution >= 4 is 17.7 Å². The zero-order chi connectivity index (χ0) is 19.0. The third kappa shape index (κ3) is 2.85. The Morgan fingerprint density at radius 3 is 2.73 bits per heavy atom. The number of hydrogen-bond acceptors (Lipinski definition) is 5. The quantitative estimate of drug-likeness (QED) is 0.844. The first-order valence-corrected chi connectivity index (χ1v) is 8.22. The summed E-state index contributed by atoms with van der Waals surface area (Å²) in [5.41, 5.74) is 2.28. The molecule has 0 bridgehead atoms. The Labute approximate surface area is 150 Å². The van der Waals surface area contributed by atoms with E-state index in [-0.39, 0.29) is 35.9 Å². The van der Waals surface area contributed by atoms with E-state index in [4.69, 9.17) is 9.47 Å². The number of aromatic nitrogens is 1. The maximum Gasteiger partial charge on any atom is 0.340 e. The number of carbonyl (C=O) groups excluding carboxylic acids is 2. The number of nitrogens with zero attached hydrogens (tertiary/aromatic N) is 1. The molecular weight excluding hydrogens is 338 g/mol. The lowest BCUT2D eigenvalue weighted by Gasteiger charge is -2.10. The predicted octanol–water partition coefficient (Wildman–Crippen LogP) is 2.26. The van der Waals surface area contributed by atoms with Gasteiger partial charge >= 0.3 is 11.9 Å². The lowest BCUT2D eigenvalue weighted by Crippen LogP contribution is -2.14. The molecule has 3 rings (SSSR count). The van der Waals surface area contributed by atoms with Crippen molar-refractivity contribution in [2.45, 2.75) is 26.9 Å². The van der Waals surface area contributed by atoms with Crippen LogP contribution < -0.4 is 4.74 Å². The number of hydrogen-bond donors (Lipinski definition) is 1. The Morgan fingerprint density at radius 2 is 2.08 bits per heavy atom. The second-order valence-corrected chi connectivity index (χ2v) is 6.12. The maximum atomic E-state index is 13.1. The molecule has 136 valence electrons. The highest BCUT2D eigenvalue weighted by atomic mass is 16.5. The van der Waals surface area contributed by atoms with Gasteiger partial charge in [-0.3, -0.25) is 9.59 Å². The topological polar surface area (TPSA) is 94.8 Å². The summed E-state index contributed by atoms with van der Waals surface area (Å²) in [7, 11) is 1.58. The van der Waals surface area contributed by atoms with Crippen molar-refractivity contribution in [3.8, 4) is 5.75 Å². The lowest BCUT2D eigenvalue weighted by molar-refractivity contribution is -0.136. The number of carboxylic acids is 1. The highest BCUT2D eigenvalue weighted by Crippen LogP contribution is 2.34. The molecule has 26 heavy (non-hydrogen) atoms. The maximum absolute atomic E-state index is 13.1. The first-order valence-electron chi connectivity index (χ1n) is 8.22. The average Bonchev–Trinajstić information content (AvgIpc) is 2.75. The molecule has 1 N–H and O–H groups in total. The zero-order valence-electron chi connectivity index (χ0n) is 14.8. The zero-order valence-corrected chi connectivity index (χ0v) is 14.8. The van der Waals surface area contributed by atoms with E-state index in [1.54, 1.807) is 32.2 Å². The van der Waals surface area contributed by atoms with E-state index in [1.165, 1.54) is 4.57 Å². The Morgan fingerprint density at radius 1 is 1.35 bits per heavy atom. The third-order valence-electron chi connectivity index (χ3n) is 4.38. The second-order valence-electron chi connectivity index (χ2n) is 6.12. The molecule has 2 heterocycles. The number of ether oxygens (including phenoxy) is 2. The largest absolute Gasteiger partial charge is 0.488 e. The number of aryl methyl sites for hydroxylation is 1. The summed E-state index contributed by atoms with van der Waals surface area (Å²) in [4.78, 5) is 36.8. The minimum absolute atomic E-state index is 0.0147. The van der Waals surface area contributed by atoms with E-state index < -0.39 is 18.4 Å². The molecule has 0 aliphatic carbocycles. The summed E-state index contributed by atoms with van der Waals surface area (Å²) in [6.45, 7) is 3.68. The molecule has 0 unspecified atom stereocenters. The molecule has 0 fully saturated rings. The van der Waals surface area contributed by atoms with E-state index >= 15 is 0 Å². The van der Waals surface area contributed by atoms with Crippen LogP contribution in [0.5, 0.6) is 5.75 Å². The van der Waals surface area contributed by atoms with Gasteiger partial charge in [-0.15, -0.1) is 0 Å². The number of benzene rings is 1. The van der Waals surface area contributed by atoms with Crippen molar-refractivity contribution < 1.29 is 29.0 Å². The molecule has 1 aromatic heterocycles. The third-order valence-corrected chi connectivity index (χ3v) is 4.38. The van der Waals surface area contributed by atoms with Crippen LogP contribution in [0.2, 0.25) is 0 Å². The molecule has 7 nitrogen and oxygen atoms in total. The van der Waals surface area contributed by atoms with Crippen LogP contribution in [0.1, 0.15) is 50.2 Å². The van der Waals surface area contributed by atoms with Gasteiger partial charge in [0.25, 0.3) is 0 Å². The molecule has 0 saturated carbocycles. The van der Waals surface area contributed by atoms with E-state index in [0.29, 0.717) is 16.9 Å². The van der Waals surface area contributed by atoms with Gasteiger partial charge < -0.3 is 19.1 Å². The molecule has 1 aromatic carbocycles. The summed E-state index contributed by atoms with van der Waals surface area (Å²) in [5, 5.41) is 9.22. The number of carboxylic acid groups (broad SMARTS) is 1. The van der Waals surface area contributed by atoms with Gasteiger partial charge in [-0.1, -0.05) is 6.07 Å². The van der Waals surface area contributed by atoms with Gasteiger partial charge in [-0.05, 0) is 31.5 Å². The number of ketones is 1. The summed E-state index contributed by atoms with van der Waals surface area (Å²) in [5.74, 6) is -1.62. The highest BCUT2D eigenvalue weighted by molar-refractivity contribution is 6.13. The molecule has 0 atom stereocenters. The molecule has 0 amide bonds. The molecule has 7 heteroatoms. The fourth-order valence-electron chi connectivity index (χ4n) is 3.24. The molecular formula is C19H19NO6. The number of esters is 1. The Bertz CT molecular complexity index is 925. The van der Waals surface area contributed by atoms with Gasteiger partial charge in [0.15, 0.2) is 0 Å². The fraction of sp³-hybridized carbons (Fsp3) is 0.316. The smallest absolute Gasteiger partial charge is 0.340 e. The summed E-state index contributed by atoms with van der Waals surface area (Å²) >= 11 is 0. The molecule has 2 aromatic rings. The average molecular weight is 357 g/mol. The summed E-state index contributed by atoms with van der Waals surface area (Å²) in [6.07, 6.45) is -0.397. The first kappa shape index (κ1) is 17.7. The van der Waals surface area contributed by atoms with Crippen molar-refractivity contribution in [2.24, 2.45) is 7.05 Å². The Balaban J connectivity index is 2.23.